The zero-order chi connectivity index (χ0) is 19.2. The summed E-state index contributed by atoms with van der Waals surface area (Å²) < 4.78 is 5.24. The number of hydrogen-bond acceptors (Lipinski definition) is 4. The molecule has 2 N–H and O–H groups in total. The van der Waals surface area contributed by atoms with Gasteiger partial charge in [0.2, 0.25) is 11.8 Å². The molecular weight excluding hydrogens is 342 g/mol. The number of amides is 2. The molecule has 1 aliphatic heterocycles. The lowest BCUT2D eigenvalue weighted by Crippen LogP contribution is -2.22. The maximum absolute atomic E-state index is 12.2. The van der Waals surface area contributed by atoms with Gasteiger partial charge in [-0.3, -0.25) is 9.59 Å². The first-order valence-corrected chi connectivity index (χ1v) is 9.14. The molecule has 0 aromatic heterocycles. The van der Waals surface area contributed by atoms with Crippen molar-refractivity contribution in [2.75, 3.05) is 35.7 Å². The van der Waals surface area contributed by atoms with Crippen LogP contribution in [-0.4, -0.2) is 32.0 Å². The lowest BCUT2D eigenvalue weighted by atomic mass is 10.2. The van der Waals surface area contributed by atoms with E-state index in [-0.39, 0.29) is 18.2 Å². The zero-order valence-corrected chi connectivity index (χ0v) is 15.7. The summed E-state index contributed by atoms with van der Waals surface area (Å²) in [6, 6.07) is 13.2. The smallest absolute Gasteiger partial charge is 0.233 e. The molecule has 0 unspecified atom stereocenters. The van der Waals surface area contributed by atoms with Gasteiger partial charge in [0.05, 0.1) is 12.8 Å². The first-order chi connectivity index (χ1) is 13.0. The van der Waals surface area contributed by atoms with Crippen LogP contribution in [0.3, 0.4) is 0 Å². The van der Waals surface area contributed by atoms with Gasteiger partial charge in [0, 0.05) is 24.5 Å². The molecule has 27 heavy (non-hydrogen) atoms. The first kappa shape index (κ1) is 18.8. The van der Waals surface area contributed by atoms with Gasteiger partial charge in [-0.25, -0.2) is 0 Å². The van der Waals surface area contributed by atoms with Crippen LogP contribution in [0.25, 0.3) is 0 Å². The highest BCUT2D eigenvalue weighted by Crippen LogP contribution is 2.25. The number of methoxy groups -OCH3 is 1. The van der Waals surface area contributed by atoms with Crippen LogP contribution in [0.5, 0.6) is 5.75 Å². The van der Waals surface area contributed by atoms with Crippen molar-refractivity contribution in [3.8, 4) is 5.75 Å². The van der Waals surface area contributed by atoms with Crippen molar-refractivity contribution in [2.24, 2.45) is 0 Å². The number of anilines is 3. The lowest BCUT2D eigenvalue weighted by Gasteiger charge is -2.17. The van der Waals surface area contributed by atoms with E-state index in [1.165, 1.54) is 12.8 Å². The Balaban J connectivity index is 1.54. The van der Waals surface area contributed by atoms with Crippen molar-refractivity contribution in [1.82, 2.24) is 0 Å². The summed E-state index contributed by atoms with van der Waals surface area (Å²) in [5.41, 5.74) is 3.40. The molecule has 6 heteroatoms. The second-order valence-corrected chi connectivity index (χ2v) is 6.72. The second kappa shape index (κ2) is 8.58. The number of ether oxygens (including phenoxy) is 1. The molecule has 6 nitrogen and oxygen atoms in total. The number of rotatable bonds is 6. The highest BCUT2D eigenvalue weighted by Gasteiger charge is 2.14. The van der Waals surface area contributed by atoms with Crippen LogP contribution in [0.1, 0.15) is 24.8 Å². The molecule has 0 saturated carbocycles. The van der Waals surface area contributed by atoms with E-state index in [2.05, 4.69) is 15.5 Å². The lowest BCUT2D eigenvalue weighted by molar-refractivity contribution is -0.123. The Kier molecular flexibility index (Phi) is 5.96. The summed E-state index contributed by atoms with van der Waals surface area (Å²) in [6.45, 7) is 4.08. The van der Waals surface area contributed by atoms with E-state index >= 15 is 0 Å². The normalized spacial score (nSPS) is 13.3. The summed E-state index contributed by atoms with van der Waals surface area (Å²) >= 11 is 0. The van der Waals surface area contributed by atoms with E-state index in [0.29, 0.717) is 17.1 Å². The zero-order valence-electron chi connectivity index (χ0n) is 15.7. The van der Waals surface area contributed by atoms with E-state index in [0.717, 1.165) is 24.3 Å². The Morgan fingerprint density at radius 2 is 1.67 bits per heavy atom. The number of nitrogens with one attached hydrogen (secondary N) is 2. The molecule has 1 saturated heterocycles. The summed E-state index contributed by atoms with van der Waals surface area (Å²) in [4.78, 5) is 26.7. The standard InChI is InChI=1S/C21H25N3O3/c1-15-5-10-19(27-2)18(13-15)23-21(26)14-20(25)22-16-6-8-17(9-7-16)24-11-3-4-12-24/h5-10,13H,3-4,11-12,14H2,1-2H3,(H,22,25)(H,23,26). The van der Waals surface area contributed by atoms with Crippen LogP contribution in [0.4, 0.5) is 17.1 Å². The Labute approximate surface area is 159 Å². The number of nitrogens with zero attached hydrogens (tertiary/aromatic N) is 1. The molecule has 1 fully saturated rings. The Bertz CT molecular complexity index is 812. The predicted octanol–water partition coefficient (Wildman–Crippen LogP) is 3.57. The van der Waals surface area contributed by atoms with Crippen molar-refractivity contribution in [3.05, 3.63) is 48.0 Å². The van der Waals surface area contributed by atoms with Gasteiger partial charge >= 0.3 is 0 Å². The van der Waals surface area contributed by atoms with E-state index in [9.17, 15) is 9.59 Å². The average Bonchev–Trinajstić information content (AvgIpc) is 3.17. The number of hydrogen-bond donors (Lipinski definition) is 2. The summed E-state index contributed by atoms with van der Waals surface area (Å²) in [5, 5.41) is 5.50. The van der Waals surface area contributed by atoms with Crippen LogP contribution in [0, 0.1) is 6.92 Å². The Morgan fingerprint density at radius 1 is 1.00 bits per heavy atom. The molecule has 1 aliphatic rings. The maximum atomic E-state index is 12.2. The minimum atomic E-state index is -0.384. The predicted molar refractivity (Wildman–Crippen MR) is 107 cm³/mol. The molecule has 2 amide bonds. The maximum Gasteiger partial charge on any atom is 0.233 e. The van der Waals surface area contributed by atoms with Crippen LogP contribution in [0.15, 0.2) is 42.5 Å². The van der Waals surface area contributed by atoms with Gasteiger partial charge in [0.15, 0.2) is 0 Å². The SMILES string of the molecule is COc1ccc(C)cc1NC(=O)CC(=O)Nc1ccc(N2CCCC2)cc1. The third kappa shape index (κ3) is 5.00. The molecule has 0 bridgehead atoms. The molecule has 3 rings (SSSR count). The van der Waals surface area contributed by atoms with Crippen LogP contribution in [-0.2, 0) is 9.59 Å². The summed E-state index contributed by atoms with van der Waals surface area (Å²) in [5.74, 6) is -0.176. The third-order valence-electron chi connectivity index (χ3n) is 4.57. The first-order valence-electron chi connectivity index (χ1n) is 9.14. The fourth-order valence-electron chi connectivity index (χ4n) is 3.20. The van der Waals surface area contributed by atoms with Crippen LogP contribution in [0.2, 0.25) is 0 Å². The van der Waals surface area contributed by atoms with Crippen molar-refractivity contribution in [3.63, 3.8) is 0 Å². The highest BCUT2D eigenvalue weighted by atomic mass is 16.5. The molecule has 0 atom stereocenters. The topological polar surface area (TPSA) is 70.7 Å². The minimum Gasteiger partial charge on any atom is -0.495 e. The van der Waals surface area contributed by atoms with Gasteiger partial charge in [-0.15, -0.1) is 0 Å². The quantitative estimate of drug-likeness (QED) is 0.766. The summed E-state index contributed by atoms with van der Waals surface area (Å²) in [6.07, 6.45) is 2.18. The number of carbonyl (C=O) groups excluding carboxylic acids is 2. The minimum absolute atomic E-state index is 0.259. The Hall–Kier alpha value is -3.02. The monoisotopic (exact) mass is 367 g/mol. The highest BCUT2D eigenvalue weighted by molar-refractivity contribution is 6.08. The molecule has 0 spiro atoms. The second-order valence-electron chi connectivity index (χ2n) is 6.72. The van der Waals surface area contributed by atoms with E-state index in [1.807, 2.05) is 43.3 Å². The molecular formula is C21H25N3O3. The summed E-state index contributed by atoms with van der Waals surface area (Å²) in [7, 11) is 1.54. The van der Waals surface area contributed by atoms with E-state index in [1.54, 1.807) is 13.2 Å². The molecule has 1 heterocycles. The van der Waals surface area contributed by atoms with Gasteiger partial charge < -0.3 is 20.3 Å². The number of aryl methyl sites for hydroxylation is 1. The fourth-order valence-corrected chi connectivity index (χ4v) is 3.20. The van der Waals surface area contributed by atoms with Crippen molar-refractivity contribution in [2.45, 2.75) is 26.2 Å². The number of carbonyl (C=O) groups is 2. The van der Waals surface area contributed by atoms with Crippen molar-refractivity contribution in [1.29, 1.82) is 0 Å². The molecule has 2 aromatic carbocycles. The van der Waals surface area contributed by atoms with E-state index in [4.69, 9.17) is 4.74 Å². The molecule has 142 valence electrons. The molecule has 0 radical (unpaired) electrons. The fraction of sp³-hybridized carbons (Fsp3) is 0.333. The third-order valence-corrected chi connectivity index (χ3v) is 4.57. The van der Waals surface area contributed by atoms with Crippen molar-refractivity contribution < 1.29 is 14.3 Å². The number of benzene rings is 2. The van der Waals surface area contributed by atoms with Crippen molar-refractivity contribution >= 4 is 28.9 Å². The molecule has 0 aliphatic carbocycles. The van der Waals surface area contributed by atoms with E-state index < -0.39 is 0 Å². The van der Waals surface area contributed by atoms with Gasteiger partial charge in [-0.1, -0.05) is 6.07 Å². The van der Waals surface area contributed by atoms with Gasteiger partial charge in [-0.05, 0) is 61.7 Å². The van der Waals surface area contributed by atoms with Gasteiger partial charge in [0.1, 0.15) is 12.2 Å². The Morgan fingerprint density at radius 3 is 2.33 bits per heavy atom. The average molecular weight is 367 g/mol. The van der Waals surface area contributed by atoms with Gasteiger partial charge in [-0.2, -0.15) is 0 Å². The van der Waals surface area contributed by atoms with Crippen LogP contribution < -0.4 is 20.3 Å². The van der Waals surface area contributed by atoms with Crippen LogP contribution >= 0.6 is 0 Å². The largest absolute Gasteiger partial charge is 0.495 e. The molecule has 2 aromatic rings. The van der Waals surface area contributed by atoms with Gasteiger partial charge in [0.25, 0.3) is 0 Å².